The second-order valence-electron chi connectivity index (χ2n) is 9.08. The summed E-state index contributed by atoms with van der Waals surface area (Å²) in [6.07, 6.45) is 2.44. The Kier molecular flexibility index (Phi) is 8.91. The van der Waals surface area contributed by atoms with Gasteiger partial charge >= 0.3 is 0 Å². The third kappa shape index (κ3) is 5.79. The van der Waals surface area contributed by atoms with Crippen LogP contribution in [0.25, 0.3) is 5.69 Å². The van der Waals surface area contributed by atoms with Gasteiger partial charge in [0.05, 0.1) is 14.2 Å². The predicted octanol–water partition coefficient (Wildman–Crippen LogP) is 4.24. The van der Waals surface area contributed by atoms with Crippen LogP contribution in [-0.2, 0) is 17.8 Å². The summed E-state index contributed by atoms with van der Waals surface area (Å²) in [4.78, 5) is 32.4. The van der Waals surface area contributed by atoms with E-state index >= 15 is 0 Å². The number of halogens is 1. The van der Waals surface area contributed by atoms with E-state index in [1.807, 2.05) is 24.3 Å². The van der Waals surface area contributed by atoms with Gasteiger partial charge in [-0.05, 0) is 61.9 Å². The molecule has 1 aromatic heterocycles. The van der Waals surface area contributed by atoms with E-state index in [2.05, 4.69) is 4.98 Å². The van der Waals surface area contributed by atoms with Crippen molar-refractivity contribution in [1.29, 1.82) is 0 Å². The van der Waals surface area contributed by atoms with Gasteiger partial charge < -0.3 is 24.2 Å². The van der Waals surface area contributed by atoms with Crippen LogP contribution in [0.15, 0.2) is 47.3 Å². The Hall–Kier alpha value is -3.56. The van der Waals surface area contributed by atoms with Crippen LogP contribution in [0.2, 0.25) is 5.02 Å². The highest BCUT2D eigenvalue weighted by molar-refractivity contribution is 6.30. The van der Waals surface area contributed by atoms with Gasteiger partial charge in [0.15, 0.2) is 5.56 Å². The first-order valence-electron chi connectivity index (χ1n) is 12.6. The number of aromatic hydroxyl groups is 1. The van der Waals surface area contributed by atoms with Crippen molar-refractivity contribution in [2.45, 2.75) is 32.8 Å². The number of para-hydroxylation sites is 1. The quantitative estimate of drug-likeness (QED) is 0.432. The summed E-state index contributed by atoms with van der Waals surface area (Å²) < 4.78 is 17.8. The molecule has 0 bridgehead atoms. The van der Waals surface area contributed by atoms with E-state index in [9.17, 15) is 14.7 Å². The number of likely N-dealkylation sites (tertiary alicyclic amines) is 1. The highest BCUT2D eigenvalue weighted by atomic mass is 35.5. The number of amides is 1. The molecule has 1 aliphatic rings. The van der Waals surface area contributed by atoms with Crippen molar-refractivity contribution in [3.8, 4) is 23.1 Å². The van der Waals surface area contributed by atoms with Crippen molar-refractivity contribution < 1.29 is 24.1 Å². The van der Waals surface area contributed by atoms with Gasteiger partial charge in [0.1, 0.15) is 29.6 Å². The van der Waals surface area contributed by atoms with Gasteiger partial charge in [0.2, 0.25) is 5.88 Å². The fraction of sp³-hybridized carbons (Fsp3) is 0.393. The number of aromatic nitrogens is 2. The zero-order valence-electron chi connectivity index (χ0n) is 21.8. The van der Waals surface area contributed by atoms with Gasteiger partial charge in [-0.2, -0.15) is 4.98 Å². The number of ether oxygens (including phenoxy) is 3. The molecular weight excluding hydrogens is 510 g/mol. The normalized spacial score (nSPS) is 13.9. The van der Waals surface area contributed by atoms with Crippen LogP contribution >= 0.6 is 11.6 Å². The van der Waals surface area contributed by atoms with Crippen molar-refractivity contribution >= 4 is 17.5 Å². The minimum Gasteiger partial charge on any atom is -0.494 e. The third-order valence-electron chi connectivity index (χ3n) is 6.75. The Balaban J connectivity index is 1.65. The summed E-state index contributed by atoms with van der Waals surface area (Å²) in [6.45, 7) is 3.04. The standard InChI is InChI=1S/C28H32ClN3O6/c1-4-38-17-23-30-26(33)24(28(35)32(23)25-21(36-2)6-5-7-22(25)37-3)27(34)31-14-12-19(13-15-31)16-18-8-10-20(29)11-9-18/h5-11,19,35H,4,12-17H2,1-3H3. The Morgan fingerprint density at radius 3 is 2.29 bits per heavy atom. The maximum atomic E-state index is 13.6. The molecule has 0 atom stereocenters. The van der Waals surface area contributed by atoms with Gasteiger partial charge in [-0.15, -0.1) is 0 Å². The van der Waals surface area contributed by atoms with Gasteiger partial charge in [0.25, 0.3) is 11.5 Å². The number of carbonyl (C=O) groups excluding carboxylic acids is 1. The number of carbonyl (C=O) groups is 1. The average molecular weight is 542 g/mol. The van der Waals surface area contributed by atoms with Crippen LogP contribution in [0.1, 0.15) is 41.5 Å². The van der Waals surface area contributed by atoms with E-state index in [0.29, 0.717) is 47.8 Å². The van der Waals surface area contributed by atoms with E-state index in [4.69, 9.17) is 25.8 Å². The molecule has 1 amide bonds. The number of hydrogen-bond acceptors (Lipinski definition) is 7. The van der Waals surface area contributed by atoms with Crippen LogP contribution in [0.4, 0.5) is 0 Å². The molecule has 4 rings (SSSR count). The third-order valence-corrected chi connectivity index (χ3v) is 7.00. The molecule has 1 fully saturated rings. The molecule has 0 unspecified atom stereocenters. The molecule has 1 saturated heterocycles. The Labute approximate surface area is 226 Å². The van der Waals surface area contributed by atoms with E-state index in [0.717, 1.165) is 19.3 Å². The second kappa shape index (κ2) is 12.3. The Morgan fingerprint density at radius 1 is 1.08 bits per heavy atom. The van der Waals surface area contributed by atoms with E-state index in [1.165, 1.54) is 24.4 Å². The number of piperidine rings is 1. The average Bonchev–Trinajstić information content (AvgIpc) is 2.93. The van der Waals surface area contributed by atoms with Crippen molar-refractivity contribution in [3.05, 3.63) is 74.8 Å². The topological polar surface area (TPSA) is 103 Å². The first-order valence-corrected chi connectivity index (χ1v) is 12.9. The molecule has 0 aliphatic carbocycles. The zero-order chi connectivity index (χ0) is 27.2. The SMILES string of the molecule is CCOCc1nc(=O)c(C(=O)N2CCC(Cc3ccc(Cl)cc3)CC2)c(O)n1-c1c(OC)cccc1OC. The van der Waals surface area contributed by atoms with Crippen molar-refractivity contribution in [2.24, 2.45) is 5.92 Å². The van der Waals surface area contributed by atoms with Gasteiger partial charge in [0, 0.05) is 24.7 Å². The Bertz CT molecular complexity index is 1310. The van der Waals surface area contributed by atoms with Crippen LogP contribution in [-0.4, -0.2) is 59.4 Å². The highest BCUT2D eigenvalue weighted by Crippen LogP contribution is 2.36. The lowest BCUT2D eigenvalue weighted by Gasteiger charge is -2.32. The van der Waals surface area contributed by atoms with Gasteiger partial charge in [-0.3, -0.25) is 14.2 Å². The van der Waals surface area contributed by atoms with E-state index in [1.54, 1.807) is 30.0 Å². The molecule has 9 nitrogen and oxygen atoms in total. The van der Waals surface area contributed by atoms with E-state index < -0.39 is 22.9 Å². The van der Waals surface area contributed by atoms with Crippen LogP contribution in [0.3, 0.4) is 0 Å². The minimum atomic E-state index is -0.810. The molecule has 38 heavy (non-hydrogen) atoms. The fourth-order valence-corrected chi connectivity index (χ4v) is 4.90. The minimum absolute atomic E-state index is 0.0644. The second-order valence-corrected chi connectivity index (χ2v) is 9.52. The summed E-state index contributed by atoms with van der Waals surface area (Å²) >= 11 is 5.99. The molecule has 10 heteroatoms. The lowest BCUT2D eigenvalue weighted by molar-refractivity contribution is 0.0682. The summed E-state index contributed by atoms with van der Waals surface area (Å²) in [5.41, 5.74) is 0.303. The maximum Gasteiger partial charge on any atom is 0.289 e. The molecule has 0 spiro atoms. The van der Waals surface area contributed by atoms with Crippen LogP contribution in [0.5, 0.6) is 17.4 Å². The zero-order valence-corrected chi connectivity index (χ0v) is 22.5. The summed E-state index contributed by atoms with van der Waals surface area (Å²) in [7, 11) is 2.96. The van der Waals surface area contributed by atoms with Gasteiger partial charge in [-0.1, -0.05) is 29.8 Å². The molecule has 0 radical (unpaired) electrons. The number of nitrogens with zero attached hydrogens (tertiary/aromatic N) is 3. The molecule has 2 aromatic carbocycles. The van der Waals surface area contributed by atoms with Gasteiger partial charge in [-0.25, -0.2) is 0 Å². The Morgan fingerprint density at radius 2 is 1.71 bits per heavy atom. The smallest absolute Gasteiger partial charge is 0.289 e. The number of rotatable bonds is 9. The lowest BCUT2D eigenvalue weighted by Crippen LogP contribution is -2.41. The first-order chi connectivity index (χ1) is 18.4. The molecule has 2 heterocycles. The largest absolute Gasteiger partial charge is 0.494 e. The maximum absolute atomic E-state index is 13.6. The molecule has 1 N–H and O–H groups in total. The number of methoxy groups -OCH3 is 2. The summed E-state index contributed by atoms with van der Waals surface area (Å²) in [5, 5.41) is 12.1. The predicted molar refractivity (Wildman–Crippen MR) is 144 cm³/mol. The first kappa shape index (κ1) is 27.5. The number of hydrogen-bond donors (Lipinski definition) is 1. The molecular formula is C28H32ClN3O6. The van der Waals surface area contributed by atoms with Crippen molar-refractivity contribution in [3.63, 3.8) is 0 Å². The van der Waals surface area contributed by atoms with Crippen molar-refractivity contribution in [2.75, 3.05) is 33.9 Å². The fourth-order valence-electron chi connectivity index (χ4n) is 4.77. The summed E-state index contributed by atoms with van der Waals surface area (Å²) in [5.74, 6) is 0.158. The molecule has 3 aromatic rings. The van der Waals surface area contributed by atoms with Crippen molar-refractivity contribution in [1.82, 2.24) is 14.5 Å². The monoisotopic (exact) mass is 541 g/mol. The molecule has 0 saturated carbocycles. The highest BCUT2D eigenvalue weighted by Gasteiger charge is 2.31. The molecule has 202 valence electrons. The summed E-state index contributed by atoms with van der Waals surface area (Å²) in [6, 6.07) is 12.9. The van der Waals surface area contributed by atoms with Crippen LogP contribution in [0, 0.1) is 5.92 Å². The number of benzene rings is 2. The van der Waals surface area contributed by atoms with E-state index in [-0.39, 0.29) is 12.4 Å². The van der Waals surface area contributed by atoms with Crippen LogP contribution < -0.4 is 15.0 Å². The molecule has 1 aliphatic heterocycles. The lowest BCUT2D eigenvalue weighted by atomic mass is 9.90.